The SMILES string of the molecule is CNC[C@@H]1OCCc2cccc(C)c21. The van der Waals surface area contributed by atoms with Gasteiger partial charge in [0.25, 0.3) is 0 Å². The third-order valence-electron chi connectivity index (χ3n) is 2.82. The van der Waals surface area contributed by atoms with Crippen LogP contribution in [0.2, 0.25) is 0 Å². The Hall–Kier alpha value is -0.860. The Balaban J connectivity index is 2.36. The maximum Gasteiger partial charge on any atom is 0.0954 e. The molecule has 1 aromatic carbocycles. The van der Waals surface area contributed by atoms with Crippen LogP contribution < -0.4 is 5.32 Å². The van der Waals surface area contributed by atoms with Crippen molar-refractivity contribution in [2.75, 3.05) is 20.2 Å². The van der Waals surface area contributed by atoms with Crippen LogP contribution in [-0.2, 0) is 11.2 Å². The van der Waals surface area contributed by atoms with Gasteiger partial charge in [0.1, 0.15) is 0 Å². The fourth-order valence-corrected chi connectivity index (χ4v) is 2.16. The molecule has 0 saturated carbocycles. The molecular weight excluding hydrogens is 174 g/mol. The van der Waals surface area contributed by atoms with Gasteiger partial charge in [-0.1, -0.05) is 18.2 Å². The molecule has 0 saturated heterocycles. The fraction of sp³-hybridized carbons (Fsp3) is 0.500. The lowest BCUT2D eigenvalue weighted by atomic mass is 9.93. The van der Waals surface area contributed by atoms with E-state index in [9.17, 15) is 0 Å². The van der Waals surface area contributed by atoms with E-state index in [0.717, 1.165) is 19.6 Å². The molecule has 1 heterocycles. The zero-order chi connectivity index (χ0) is 9.97. The van der Waals surface area contributed by atoms with Crippen LogP contribution >= 0.6 is 0 Å². The number of aryl methyl sites for hydroxylation is 1. The van der Waals surface area contributed by atoms with E-state index in [1.807, 2.05) is 7.05 Å². The summed E-state index contributed by atoms with van der Waals surface area (Å²) in [5.41, 5.74) is 4.20. The van der Waals surface area contributed by atoms with E-state index in [2.05, 4.69) is 30.4 Å². The fourth-order valence-electron chi connectivity index (χ4n) is 2.16. The van der Waals surface area contributed by atoms with Gasteiger partial charge in [0.05, 0.1) is 12.7 Å². The van der Waals surface area contributed by atoms with Gasteiger partial charge in [-0.25, -0.2) is 0 Å². The smallest absolute Gasteiger partial charge is 0.0954 e. The number of likely N-dealkylation sites (N-methyl/N-ethyl adjacent to an activating group) is 1. The number of ether oxygens (including phenoxy) is 1. The molecule has 1 N–H and O–H groups in total. The van der Waals surface area contributed by atoms with Crippen molar-refractivity contribution in [3.8, 4) is 0 Å². The third kappa shape index (κ3) is 1.68. The molecule has 1 aliphatic rings. The first-order chi connectivity index (χ1) is 6.83. The molecule has 14 heavy (non-hydrogen) atoms. The number of hydrogen-bond acceptors (Lipinski definition) is 2. The molecule has 0 spiro atoms. The maximum atomic E-state index is 5.76. The van der Waals surface area contributed by atoms with E-state index in [-0.39, 0.29) is 6.10 Å². The number of hydrogen-bond donors (Lipinski definition) is 1. The standard InChI is InChI=1S/C12H17NO/c1-9-4-3-5-10-6-7-14-11(8-13-2)12(9)10/h3-5,11,13H,6-8H2,1-2H3/t11-/m0/s1. The van der Waals surface area contributed by atoms with Gasteiger partial charge in [0.15, 0.2) is 0 Å². The molecular formula is C12H17NO. The van der Waals surface area contributed by atoms with Crippen LogP contribution in [0.25, 0.3) is 0 Å². The molecule has 0 fully saturated rings. The van der Waals surface area contributed by atoms with Crippen molar-refractivity contribution in [1.82, 2.24) is 5.32 Å². The van der Waals surface area contributed by atoms with Crippen molar-refractivity contribution in [3.05, 3.63) is 34.9 Å². The minimum Gasteiger partial charge on any atom is -0.372 e. The van der Waals surface area contributed by atoms with Gasteiger partial charge in [-0.05, 0) is 37.1 Å². The van der Waals surface area contributed by atoms with Crippen molar-refractivity contribution >= 4 is 0 Å². The Morgan fingerprint density at radius 2 is 2.36 bits per heavy atom. The largest absolute Gasteiger partial charge is 0.372 e. The van der Waals surface area contributed by atoms with Crippen molar-refractivity contribution in [2.24, 2.45) is 0 Å². The lowest BCUT2D eigenvalue weighted by Crippen LogP contribution is -2.26. The minimum absolute atomic E-state index is 0.241. The van der Waals surface area contributed by atoms with Gasteiger partial charge in [0, 0.05) is 6.54 Å². The van der Waals surface area contributed by atoms with Gasteiger partial charge in [-0.15, -0.1) is 0 Å². The average Bonchev–Trinajstić information content (AvgIpc) is 2.19. The lowest BCUT2D eigenvalue weighted by Gasteiger charge is -2.27. The quantitative estimate of drug-likeness (QED) is 0.770. The van der Waals surface area contributed by atoms with Gasteiger partial charge in [-0.3, -0.25) is 0 Å². The van der Waals surface area contributed by atoms with Crippen LogP contribution in [0.4, 0.5) is 0 Å². The van der Waals surface area contributed by atoms with E-state index in [1.54, 1.807) is 0 Å². The van der Waals surface area contributed by atoms with Crippen LogP contribution in [0.1, 0.15) is 22.8 Å². The minimum atomic E-state index is 0.241. The highest BCUT2D eigenvalue weighted by Gasteiger charge is 2.21. The van der Waals surface area contributed by atoms with Crippen LogP contribution in [0.5, 0.6) is 0 Å². The van der Waals surface area contributed by atoms with Gasteiger partial charge in [-0.2, -0.15) is 0 Å². The van der Waals surface area contributed by atoms with Crippen molar-refractivity contribution in [1.29, 1.82) is 0 Å². The number of fused-ring (bicyclic) bond motifs is 1. The second kappa shape index (κ2) is 4.11. The van der Waals surface area contributed by atoms with Crippen molar-refractivity contribution < 1.29 is 4.74 Å². The van der Waals surface area contributed by atoms with Gasteiger partial charge in [0.2, 0.25) is 0 Å². The maximum absolute atomic E-state index is 5.76. The van der Waals surface area contributed by atoms with Crippen LogP contribution in [0.3, 0.4) is 0 Å². The van der Waals surface area contributed by atoms with E-state index in [1.165, 1.54) is 16.7 Å². The van der Waals surface area contributed by atoms with Crippen LogP contribution in [-0.4, -0.2) is 20.2 Å². The molecule has 1 aromatic rings. The normalized spacial score (nSPS) is 20.6. The summed E-state index contributed by atoms with van der Waals surface area (Å²) in [4.78, 5) is 0. The molecule has 76 valence electrons. The lowest BCUT2D eigenvalue weighted by molar-refractivity contribution is 0.0433. The topological polar surface area (TPSA) is 21.3 Å². The Bertz CT molecular complexity index is 322. The Morgan fingerprint density at radius 3 is 3.14 bits per heavy atom. The Labute approximate surface area is 85.3 Å². The summed E-state index contributed by atoms with van der Waals surface area (Å²) in [6.45, 7) is 3.91. The molecule has 1 atom stereocenters. The summed E-state index contributed by atoms with van der Waals surface area (Å²) in [6.07, 6.45) is 1.29. The average molecular weight is 191 g/mol. The van der Waals surface area contributed by atoms with E-state index in [4.69, 9.17) is 4.74 Å². The highest BCUT2D eigenvalue weighted by atomic mass is 16.5. The predicted molar refractivity (Wildman–Crippen MR) is 57.5 cm³/mol. The molecule has 0 aromatic heterocycles. The molecule has 2 heteroatoms. The summed E-state index contributed by atoms with van der Waals surface area (Å²) in [5, 5.41) is 3.18. The van der Waals surface area contributed by atoms with E-state index in [0.29, 0.717) is 0 Å². The summed E-state index contributed by atoms with van der Waals surface area (Å²) in [6, 6.07) is 6.51. The molecule has 0 radical (unpaired) electrons. The van der Waals surface area contributed by atoms with Gasteiger partial charge < -0.3 is 10.1 Å². The molecule has 1 aliphatic heterocycles. The first-order valence-electron chi connectivity index (χ1n) is 5.17. The molecule has 0 aliphatic carbocycles. The monoisotopic (exact) mass is 191 g/mol. The van der Waals surface area contributed by atoms with E-state index < -0.39 is 0 Å². The zero-order valence-electron chi connectivity index (χ0n) is 8.84. The summed E-state index contributed by atoms with van der Waals surface area (Å²) in [5.74, 6) is 0. The summed E-state index contributed by atoms with van der Waals surface area (Å²) in [7, 11) is 1.97. The highest BCUT2D eigenvalue weighted by Crippen LogP contribution is 2.29. The molecule has 2 rings (SSSR count). The molecule has 2 nitrogen and oxygen atoms in total. The van der Waals surface area contributed by atoms with Gasteiger partial charge >= 0.3 is 0 Å². The predicted octanol–water partition coefficient (Wildman–Crippen LogP) is 1.83. The third-order valence-corrected chi connectivity index (χ3v) is 2.82. The molecule has 0 bridgehead atoms. The molecule has 0 unspecified atom stereocenters. The summed E-state index contributed by atoms with van der Waals surface area (Å²) >= 11 is 0. The Morgan fingerprint density at radius 1 is 1.50 bits per heavy atom. The molecule has 0 amide bonds. The second-order valence-corrected chi connectivity index (χ2v) is 3.81. The highest BCUT2D eigenvalue weighted by molar-refractivity contribution is 5.37. The summed E-state index contributed by atoms with van der Waals surface area (Å²) < 4.78 is 5.76. The van der Waals surface area contributed by atoms with Crippen molar-refractivity contribution in [2.45, 2.75) is 19.4 Å². The first kappa shape index (κ1) is 9.69. The number of rotatable bonds is 2. The number of benzene rings is 1. The van der Waals surface area contributed by atoms with E-state index >= 15 is 0 Å². The number of nitrogens with one attached hydrogen (secondary N) is 1. The van der Waals surface area contributed by atoms with Crippen LogP contribution in [0.15, 0.2) is 18.2 Å². The second-order valence-electron chi connectivity index (χ2n) is 3.81. The zero-order valence-corrected chi connectivity index (χ0v) is 8.84. The van der Waals surface area contributed by atoms with Crippen molar-refractivity contribution in [3.63, 3.8) is 0 Å². The Kier molecular flexibility index (Phi) is 2.85. The van der Waals surface area contributed by atoms with Crippen LogP contribution in [0, 0.1) is 6.92 Å². The first-order valence-corrected chi connectivity index (χ1v) is 5.17.